The van der Waals surface area contributed by atoms with Crippen molar-refractivity contribution in [1.82, 2.24) is 34.4 Å². The van der Waals surface area contributed by atoms with E-state index in [0.717, 1.165) is 49.2 Å². The van der Waals surface area contributed by atoms with Crippen molar-refractivity contribution in [2.75, 3.05) is 29.9 Å². The number of imidazole rings is 1. The van der Waals surface area contributed by atoms with Crippen LogP contribution in [0.15, 0.2) is 67.0 Å². The third-order valence-electron chi connectivity index (χ3n) is 6.90. The molecule has 0 aliphatic carbocycles. The van der Waals surface area contributed by atoms with Gasteiger partial charge in [0.1, 0.15) is 29.0 Å². The molecule has 1 saturated heterocycles. The molecular formula is C28H27N11. The summed E-state index contributed by atoms with van der Waals surface area (Å²) in [5, 5.41) is 12.5. The van der Waals surface area contributed by atoms with E-state index < -0.39 is 0 Å². The Balaban J connectivity index is 1.18. The molecule has 0 atom stereocenters. The molecule has 11 heteroatoms. The number of nitrogens with zero attached hydrogens (tertiary/aromatic N) is 8. The minimum absolute atomic E-state index is 0.180. The van der Waals surface area contributed by atoms with Crippen LogP contribution in [0.2, 0.25) is 0 Å². The van der Waals surface area contributed by atoms with E-state index in [9.17, 15) is 0 Å². The van der Waals surface area contributed by atoms with Crippen LogP contribution < -0.4 is 16.8 Å². The molecule has 0 spiro atoms. The summed E-state index contributed by atoms with van der Waals surface area (Å²) in [6, 6.07) is 19.9. The number of likely N-dealkylation sites (tertiary alicyclic amines) is 1. The Labute approximate surface area is 225 Å². The second-order valence-electron chi connectivity index (χ2n) is 9.52. The number of nitrogen functional groups attached to an aromatic ring is 2. The number of fused-ring (bicyclic) bond motifs is 1. The number of anilines is 3. The Bertz CT molecular complexity index is 1660. The van der Waals surface area contributed by atoms with Gasteiger partial charge in [-0.3, -0.25) is 9.47 Å². The van der Waals surface area contributed by atoms with Crippen LogP contribution >= 0.6 is 0 Å². The van der Waals surface area contributed by atoms with Gasteiger partial charge in [0.2, 0.25) is 5.82 Å². The molecule has 0 radical (unpaired) electrons. The second kappa shape index (κ2) is 10.4. The number of nitriles is 1. The number of aromatic nitrogens is 6. The smallest absolute Gasteiger partial charge is 0.234 e. The van der Waals surface area contributed by atoms with E-state index in [4.69, 9.17) is 21.7 Å². The Morgan fingerprint density at radius 3 is 2.51 bits per heavy atom. The van der Waals surface area contributed by atoms with Crippen LogP contribution in [0.25, 0.3) is 28.2 Å². The molecule has 0 amide bonds. The Morgan fingerprint density at radius 1 is 0.923 bits per heavy atom. The largest absolute Gasteiger partial charge is 0.384 e. The Hall–Kier alpha value is -5.08. The molecule has 0 bridgehead atoms. The van der Waals surface area contributed by atoms with Crippen LogP contribution in [0.4, 0.5) is 17.5 Å². The molecule has 1 aliphatic rings. The van der Waals surface area contributed by atoms with Crippen molar-refractivity contribution >= 4 is 28.6 Å². The average molecular weight is 518 g/mol. The van der Waals surface area contributed by atoms with Gasteiger partial charge in [-0.05, 0) is 60.9 Å². The topological polar surface area (TPSA) is 160 Å². The number of benzene rings is 1. The predicted molar refractivity (Wildman–Crippen MR) is 150 cm³/mol. The first-order chi connectivity index (χ1) is 19.1. The Kier molecular flexibility index (Phi) is 6.44. The van der Waals surface area contributed by atoms with E-state index >= 15 is 0 Å². The summed E-state index contributed by atoms with van der Waals surface area (Å²) in [6.45, 7) is 2.79. The summed E-state index contributed by atoms with van der Waals surface area (Å²) >= 11 is 0. The van der Waals surface area contributed by atoms with Gasteiger partial charge in [-0.25, -0.2) is 24.9 Å². The molecular weight excluding hydrogens is 490 g/mol. The van der Waals surface area contributed by atoms with Gasteiger partial charge in [0.25, 0.3) is 0 Å². The first-order valence-electron chi connectivity index (χ1n) is 12.7. The van der Waals surface area contributed by atoms with Crippen LogP contribution in [-0.2, 0) is 6.54 Å². The van der Waals surface area contributed by atoms with Crippen LogP contribution in [0.1, 0.15) is 24.2 Å². The van der Waals surface area contributed by atoms with Crippen molar-refractivity contribution in [3.63, 3.8) is 0 Å². The molecule has 5 N–H and O–H groups in total. The number of nitrogens with one attached hydrogen (secondary N) is 1. The molecule has 5 aromatic rings. The fourth-order valence-corrected chi connectivity index (χ4v) is 4.95. The van der Waals surface area contributed by atoms with Gasteiger partial charge >= 0.3 is 0 Å². The molecule has 1 aromatic carbocycles. The predicted octanol–water partition coefficient (Wildman–Crippen LogP) is 3.39. The minimum Gasteiger partial charge on any atom is -0.384 e. The highest BCUT2D eigenvalue weighted by Gasteiger charge is 2.21. The molecule has 194 valence electrons. The number of piperidine rings is 1. The van der Waals surface area contributed by atoms with E-state index in [-0.39, 0.29) is 5.82 Å². The molecule has 5 heterocycles. The van der Waals surface area contributed by atoms with Gasteiger partial charge < -0.3 is 16.8 Å². The molecule has 0 saturated carbocycles. The SMILES string of the molecule is N#Cc1nccc(NC2CCN(Cc3ccc(-n4c(-c5cccnc5N)nc5ccc(N)nc54)cc3)CC2)n1. The number of rotatable bonds is 6. The Morgan fingerprint density at radius 2 is 1.74 bits per heavy atom. The molecule has 39 heavy (non-hydrogen) atoms. The monoisotopic (exact) mass is 517 g/mol. The fourth-order valence-electron chi connectivity index (χ4n) is 4.95. The van der Waals surface area contributed by atoms with Gasteiger partial charge in [0.05, 0.1) is 5.56 Å². The quantitative estimate of drug-likeness (QED) is 0.304. The first-order valence-corrected chi connectivity index (χ1v) is 12.7. The second-order valence-corrected chi connectivity index (χ2v) is 9.52. The van der Waals surface area contributed by atoms with Crippen LogP contribution in [-0.4, -0.2) is 53.5 Å². The van der Waals surface area contributed by atoms with Crippen molar-refractivity contribution in [3.05, 3.63) is 78.4 Å². The van der Waals surface area contributed by atoms with Crippen molar-refractivity contribution in [3.8, 4) is 23.1 Å². The summed E-state index contributed by atoms with van der Waals surface area (Å²) in [5.74, 6) is 2.38. The van der Waals surface area contributed by atoms with E-state index in [1.807, 2.05) is 28.8 Å². The summed E-state index contributed by atoms with van der Waals surface area (Å²) in [7, 11) is 0. The molecule has 11 nitrogen and oxygen atoms in total. The zero-order valence-corrected chi connectivity index (χ0v) is 21.2. The van der Waals surface area contributed by atoms with Gasteiger partial charge in [-0.2, -0.15) is 5.26 Å². The lowest BCUT2D eigenvalue weighted by Crippen LogP contribution is -2.38. The molecule has 4 aromatic heterocycles. The highest BCUT2D eigenvalue weighted by atomic mass is 15.2. The van der Waals surface area contributed by atoms with Gasteiger partial charge in [-0.15, -0.1) is 0 Å². The summed E-state index contributed by atoms with van der Waals surface area (Å²) in [6.07, 6.45) is 5.26. The average Bonchev–Trinajstić information content (AvgIpc) is 3.33. The maximum Gasteiger partial charge on any atom is 0.234 e. The lowest BCUT2D eigenvalue weighted by atomic mass is 10.0. The number of pyridine rings is 2. The van der Waals surface area contributed by atoms with E-state index in [2.05, 4.69) is 54.4 Å². The number of hydrogen-bond acceptors (Lipinski definition) is 10. The maximum absolute atomic E-state index is 9.02. The molecule has 1 aliphatic heterocycles. The molecule has 1 fully saturated rings. The van der Waals surface area contributed by atoms with Crippen molar-refractivity contribution < 1.29 is 0 Å². The van der Waals surface area contributed by atoms with Crippen LogP contribution in [0, 0.1) is 11.3 Å². The van der Waals surface area contributed by atoms with Crippen molar-refractivity contribution in [2.45, 2.75) is 25.4 Å². The first kappa shape index (κ1) is 24.3. The normalized spacial score (nSPS) is 14.3. The zero-order valence-electron chi connectivity index (χ0n) is 21.2. The summed E-state index contributed by atoms with van der Waals surface area (Å²) < 4.78 is 1.98. The molecule has 6 rings (SSSR count). The molecule has 0 unspecified atom stereocenters. The van der Waals surface area contributed by atoms with E-state index in [1.54, 1.807) is 24.5 Å². The minimum atomic E-state index is 0.180. The highest BCUT2D eigenvalue weighted by molar-refractivity contribution is 5.83. The zero-order chi connectivity index (χ0) is 26.8. The van der Waals surface area contributed by atoms with E-state index in [0.29, 0.717) is 35.0 Å². The third-order valence-corrected chi connectivity index (χ3v) is 6.90. The van der Waals surface area contributed by atoms with E-state index in [1.165, 1.54) is 5.56 Å². The van der Waals surface area contributed by atoms with Crippen LogP contribution in [0.3, 0.4) is 0 Å². The summed E-state index contributed by atoms with van der Waals surface area (Å²) in [5.41, 5.74) is 16.5. The standard InChI is InChI=1S/C28H27N11/c29-16-25-32-13-9-24(37-25)34-19-10-14-38(15-11-19)17-18-3-5-20(6-4-18)39-27(21-2-1-12-33-26(21)31)35-22-7-8-23(30)36-28(22)39/h1-9,12-13,19H,10-11,14-15,17H2,(H2,30,36)(H2,31,33)(H,32,34,37). The lowest BCUT2D eigenvalue weighted by molar-refractivity contribution is 0.211. The van der Waals surface area contributed by atoms with Gasteiger partial charge in [-0.1, -0.05) is 12.1 Å². The number of nitrogens with two attached hydrogens (primary N) is 2. The van der Waals surface area contributed by atoms with Crippen LogP contribution in [0.5, 0.6) is 0 Å². The fraction of sp³-hybridized carbons (Fsp3) is 0.214. The van der Waals surface area contributed by atoms with Crippen molar-refractivity contribution in [1.29, 1.82) is 5.26 Å². The lowest BCUT2D eigenvalue weighted by Gasteiger charge is -2.32. The third kappa shape index (κ3) is 5.05. The van der Waals surface area contributed by atoms with Gasteiger partial charge in [0.15, 0.2) is 11.5 Å². The van der Waals surface area contributed by atoms with Gasteiger partial charge in [0, 0.05) is 43.8 Å². The highest BCUT2D eigenvalue weighted by Crippen LogP contribution is 2.31. The van der Waals surface area contributed by atoms with Crippen molar-refractivity contribution in [2.24, 2.45) is 0 Å². The number of hydrogen-bond donors (Lipinski definition) is 3. The summed E-state index contributed by atoms with van der Waals surface area (Å²) in [4.78, 5) is 24.2. The maximum atomic E-state index is 9.02.